The fraction of sp³-hybridized carbons (Fsp3) is 0.800. The van der Waals surface area contributed by atoms with E-state index in [0.29, 0.717) is 12.5 Å². The van der Waals surface area contributed by atoms with E-state index in [1.807, 2.05) is 0 Å². The molecular weight excluding hydrogens is 162 g/mol. The summed E-state index contributed by atoms with van der Waals surface area (Å²) in [5, 5.41) is 3.53. The van der Waals surface area contributed by atoms with Gasteiger partial charge in [-0.3, -0.25) is 0 Å². The maximum atomic E-state index is 8.10. The third-order valence-electron chi connectivity index (χ3n) is 2.75. The van der Waals surface area contributed by atoms with Crippen LogP contribution in [-0.4, -0.2) is 6.54 Å². The van der Waals surface area contributed by atoms with Crippen molar-refractivity contribution >= 4 is 0 Å². The molecule has 1 rings (SSSR count). The molecule has 1 fully saturated rings. The van der Waals surface area contributed by atoms with Crippen LogP contribution in [0.4, 0.5) is 0 Å². The molecule has 13 heavy (non-hydrogen) atoms. The van der Waals surface area contributed by atoms with Gasteiger partial charge in [0.25, 0.3) is 0 Å². The molecule has 1 aliphatic rings. The summed E-state index contributed by atoms with van der Waals surface area (Å²) in [6, 6.07) is 0. The lowest BCUT2D eigenvalue weighted by atomic mass is 9.82. The highest BCUT2D eigenvalue weighted by Gasteiger charge is 2.15. The summed E-state index contributed by atoms with van der Waals surface area (Å²) >= 11 is 0. The number of rotatable bonds is 4. The number of azide groups is 1. The minimum atomic E-state index is 0.639. The summed E-state index contributed by atoms with van der Waals surface area (Å²) in [5.74, 6) is 0.697. The van der Waals surface area contributed by atoms with Crippen LogP contribution < -0.4 is 0 Å². The lowest BCUT2D eigenvalue weighted by Crippen LogP contribution is -2.09. The van der Waals surface area contributed by atoms with E-state index in [1.165, 1.54) is 31.3 Å². The van der Waals surface area contributed by atoms with E-state index in [9.17, 15) is 0 Å². The number of nitrogens with zero attached hydrogens (tertiary/aromatic N) is 3. The van der Waals surface area contributed by atoms with Gasteiger partial charge in [-0.15, -0.1) is 0 Å². The summed E-state index contributed by atoms with van der Waals surface area (Å²) in [6.45, 7) is 4.73. The fourth-order valence-corrected chi connectivity index (χ4v) is 1.95. The Balaban J connectivity index is 2.18. The van der Waals surface area contributed by atoms with E-state index < -0.39 is 0 Å². The van der Waals surface area contributed by atoms with Crippen molar-refractivity contribution in [1.82, 2.24) is 0 Å². The normalized spacial score (nSPS) is 22.5. The van der Waals surface area contributed by atoms with E-state index in [2.05, 4.69) is 16.6 Å². The molecule has 0 saturated heterocycles. The molecule has 0 aromatic carbocycles. The van der Waals surface area contributed by atoms with Crippen LogP contribution in [0, 0.1) is 5.92 Å². The van der Waals surface area contributed by atoms with Crippen LogP contribution in [0.15, 0.2) is 17.3 Å². The van der Waals surface area contributed by atoms with Crippen LogP contribution in [0.1, 0.15) is 38.5 Å². The molecule has 3 heteroatoms. The van der Waals surface area contributed by atoms with Crippen LogP contribution in [0.2, 0.25) is 0 Å². The SMILES string of the molecule is C=C1CCCCC1CCCN=[N+]=[N-]. The molecule has 0 radical (unpaired) electrons. The Morgan fingerprint density at radius 1 is 1.54 bits per heavy atom. The van der Waals surface area contributed by atoms with Crippen molar-refractivity contribution in [3.63, 3.8) is 0 Å². The Hall–Kier alpha value is -0.950. The van der Waals surface area contributed by atoms with Crippen LogP contribution in [0.5, 0.6) is 0 Å². The zero-order chi connectivity index (χ0) is 9.52. The molecule has 1 saturated carbocycles. The van der Waals surface area contributed by atoms with Gasteiger partial charge in [0.05, 0.1) is 0 Å². The molecule has 0 amide bonds. The highest BCUT2D eigenvalue weighted by Crippen LogP contribution is 2.31. The fourth-order valence-electron chi connectivity index (χ4n) is 1.95. The van der Waals surface area contributed by atoms with Crippen molar-refractivity contribution in [2.75, 3.05) is 6.54 Å². The van der Waals surface area contributed by atoms with Crippen LogP contribution in [0.3, 0.4) is 0 Å². The van der Waals surface area contributed by atoms with Crippen molar-refractivity contribution in [1.29, 1.82) is 0 Å². The first kappa shape index (κ1) is 10.1. The zero-order valence-corrected chi connectivity index (χ0v) is 8.08. The lowest BCUT2D eigenvalue weighted by molar-refractivity contribution is 0.422. The Morgan fingerprint density at radius 3 is 3.08 bits per heavy atom. The van der Waals surface area contributed by atoms with Gasteiger partial charge in [-0.25, -0.2) is 0 Å². The van der Waals surface area contributed by atoms with Crippen molar-refractivity contribution in [2.45, 2.75) is 38.5 Å². The Morgan fingerprint density at radius 2 is 2.38 bits per heavy atom. The molecule has 3 nitrogen and oxygen atoms in total. The Bertz CT molecular complexity index is 216. The second-order valence-electron chi connectivity index (χ2n) is 3.70. The summed E-state index contributed by atoms with van der Waals surface area (Å²) in [6.07, 6.45) is 7.30. The largest absolute Gasteiger partial charge is 0.0996 e. The molecule has 72 valence electrons. The number of allylic oxidation sites excluding steroid dienone is 1. The van der Waals surface area contributed by atoms with E-state index in [4.69, 9.17) is 5.53 Å². The first-order valence-electron chi connectivity index (χ1n) is 5.03. The van der Waals surface area contributed by atoms with E-state index in [0.717, 1.165) is 12.8 Å². The lowest BCUT2D eigenvalue weighted by Gasteiger charge is -2.24. The third-order valence-corrected chi connectivity index (χ3v) is 2.75. The van der Waals surface area contributed by atoms with Crippen LogP contribution in [0.25, 0.3) is 10.4 Å². The molecule has 0 aliphatic heterocycles. The topological polar surface area (TPSA) is 48.8 Å². The molecule has 1 atom stereocenters. The molecule has 0 N–H and O–H groups in total. The molecule has 0 aromatic heterocycles. The van der Waals surface area contributed by atoms with Gasteiger partial charge in [-0.1, -0.05) is 23.7 Å². The molecule has 0 heterocycles. The van der Waals surface area contributed by atoms with Crippen LogP contribution >= 0.6 is 0 Å². The highest BCUT2D eigenvalue weighted by molar-refractivity contribution is 5.03. The average Bonchev–Trinajstić information content (AvgIpc) is 2.15. The van der Waals surface area contributed by atoms with Gasteiger partial charge in [0.15, 0.2) is 0 Å². The van der Waals surface area contributed by atoms with Gasteiger partial charge in [0, 0.05) is 11.5 Å². The maximum Gasteiger partial charge on any atom is 0.0258 e. The minimum Gasteiger partial charge on any atom is -0.0996 e. The predicted molar refractivity (Wildman–Crippen MR) is 54.3 cm³/mol. The van der Waals surface area contributed by atoms with Gasteiger partial charge >= 0.3 is 0 Å². The second-order valence-corrected chi connectivity index (χ2v) is 3.70. The smallest absolute Gasteiger partial charge is 0.0258 e. The maximum absolute atomic E-state index is 8.10. The van der Waals surface area contributed by atoms with Gasteiger partial charge < -0.3 is 0 Å². The standard InChI is InChI=1S/C10H17N3/c1-9-5-2-3-6-10(9)7-4-8-12-13-11/h10H,1-8H2. The van der Waals surface area contributed by atoms with Gasteiger partial charge in [-0.2, -0.15) is 0 Å². The molecule has 0 aromatic rings. The molecule has 0 spiro atoms. The minimum absolute atomic E-state index is 0.639. The Labute approximate surface area is 79.5 Å². The average molecular weight is 179 g/mol. The molecule has 1 aliphatic carbocycles. The van der Waals surface area contributed by atoms with Crippen molar-refractivity contribution in [3.05, 3.63) is 22.6 Å². The second kappa shape index (κ2) is 5.65. The summed E-state index contributed by atoms with van der Waals surface area (Å²) in [5.41, 5.74) is 9.51. The van der Waals surface area contributed by atoms with Crippen LogP contribution in [-0.2, 0) is 0 Å². The zero-order valence-electron chi connectivity index (χ0n) is 8.08. The van der Waals surface area contributed by atoms with Crippen molar-refractivity contribution < 1.29 is 0 Å². The van der Waals surface area contributed by atoms with Crippen molar-refractivity contribution in [3.8, 4) is 0 Å². The number of hydrogen-bond acceptors (Lipinski definition) is 1. The first-order valence-corrected chi connectivity index (χ1v) is 5.03. The van der Waals surface area contributed by atoms with Gasteiger partial charge in [0.2, 0.25) is 0 Å². The molecule has 1 unspecified atom stereocenters. The quantitative estimate of drug-likeness (QED) is 0.207. The number of hydrogen-bond donors (Lipinski definition) is 0. The Kier molecular flexibility index (Phi) is 4.41. The van der Waals surface area contributed by atoms with Crippen molar-refractivity contribution in [2.24, 2.45) is 11.0 Å². The van der Waals surface area contributed by atoms with Gasteiger partial charge in [0.1, 0.15) is 0 Å². The molecular formula is C10H17N3. The van der Waals surface area contributed by atoms with E-state index in [-0.39, 0.29) is 0 Å². The summed E-state index contributed by atoms with van der Waals surface area (Å²) in [4.78, 5) is 2.74. The summed E-state index contributed by atoms with van der Waals surface area (Å²) < 4.78 is 0. The van der Waals surface area contributed by atoms with Gasteiger partial charge in [-0.05, 0) is 43.6 Å². The molecule has 0 bridgehead atoms. The van der Waals surface area contributed by atoms with E-state index >= 15 is 0 Å². The first-order chi connectivity index (χ1) is 6.34. The third kappa shape index (κ3) is 3.51. The monoisotopic (exact) mass is 179 g/mol. The summed E-state index contributed by atoms with van der Waals surface area (Å²) in [7, 11) is 0. The van der Waals surface area contributed by atoms with E-state index in [1.54, 1.807) is 0 Å². The predicted octanol–water partition coefficient (Wildman–Crippen LogP) is 3.82. The highest BCUT2D eigenvalue weighted by atomic mass is 15.1.